The minimum absolute atomic E-state index is 0. The summed E-state index contributed by atoms with van der Waals surface area (Å²) in [6.07, 6.45) is 1.96. The first kappa shape index (κ1) is 19.1. The van der Waals surface area contributed by atoms with Crippen LogP contribution >= 0.6 is 12.4 Å². The quantitative estimate of drug-likeness (QED) is 0.878. The van der Waals surface area contributed by atoms with E-state index in [-0.39, 0.29) is 24.1 Å². The highest BCUT2D eigenvalue weighted by Gasteiger charge is 2.19. The van der Waals surface area contributed by atoms with Gasteiger partial charge in [-0.05, 0) is 54.8 Å². The maximum atomic E-state index is 12.9. The zero-order valence-corrected chi connectivity index (χ0v) is 14.9. The van der Waals surface area contributed by atoms with Crippen molar-refractivity contribution in [3.63, 3.8) is 0 Å². The number of anilines is 1. The smallest absolute Gasteiger partial charge is 0.254 e. The molecule has 0 bridgehead atoms. The number of carbonyl (C=O) groups is 1. The molecule has 0 unspecified atom stereocenters. The lowest BCUT2D eigenvalue weighted by Crippen LogP contribution is -2.32. The molecule has 2 aromatic carbocycles. The number of halogens is 2. The van der Waals surface area contributed by atoms with Gasteiger partial charge in [-0.25, -0.2) is 4.39 Å². The van der Waals surface area contributed by atoms with Crippen LogP contribution in [-0.2, 0) is 6.42 Å². The van der Waals surface area contributed by atoms with E-state index >= 15 is 0 Å². The molecule has 25 heavy (non-hydrogen) atoms. The number of carbonyl (C=O) groups excluding carboxylic acids is 1. The van der Waals surface area contributed by atoms with Crippen LogP contribution in [-0.4, -0.2) is 37.6 Å². The van der Waals surface area contributed by atoms with Crippen LogP contribution in [0.4, 0.5) is 10.1 Å². The molecule has 0 saturated heterocycles. The van der Waals surface area contributed by atoms with Crippen molar-refractivity contribution in [1.82, 2.24) is 4.90 Å². The normalized spacial score (nSPS) is 12.4. The highest BCUT2D eigenvalue weighted by molar-refractivity contribution is 5.97. The molecule has 1 amide bonds. The molecule has 134 valence electrons. The van der Waals surface area contributed by atoms with E-state index in [9.17, 15) is 9.18 Å². The molecule has 0 fully saturated rings. The molecule has 3 rings (SSSR count). The molecule has 2 aromatic rings. The Hall–Kier alpha value is -2.27. The fraction of sp³-hybridized carbons (Fsp3) is 0.316. The van der Waals surface area contributed by atoms with Crippen molar-refractivity contribution in [2.45, 2.75) is 12.8 Å². The van der Waals surface area contributed by atoms with Crippen molar-refractivity contribution in [1.29, 1.82) is 0 Å². The average Bonchev–Trinajstić information content (AvgIpc) is 2.62. The number of likely N-dealkylation sites (N-methyl/N-ethyl adjacent to an activating group) is 1. The first-order valence-corrected chi connectivity index (χ1v) is 8.15. The molecule has 0 spiro atoms. The molecular formula is C19H22ClFN2O2. The lowest BCUT2D eigenvalue weighted by Gasteiger charge is -2.23. The molecule has 0 saturated carbocycles. The summed E-state index contributed by atoms with van der Waals surface area (Å²) < 4.78 is 18.4. The van der Waals surface area contributed by atoms with Gasteiger partial charge in [0, 0.05) is 24.8 Å². The van der Waals surface area contributed by atoms with Crippen LogP contribution in [0.2, 0.25) is 0 Å². The predicted octanol–water partition coefficient (Wildman–Crippen LogP) is 3.76. The number of fused-ring (bicyclic) bond motifs is 1. The van der Waals surface area contributed by atoms with E-state index in [2.05, 4.69) is 5.32 Å². The summed E-state index contributed by atoms with van der Waals surface area (Å²) in [7, 11) is 1.77. The fourth-order valence-electron chi connectivity index (χ4n) is 2.85. The van der Waals surface area contributed by atoms with Gasteiger partial charge in [0.15, 0.2) is 0 Å². The van der Waals surface area contributed by atoms with Crippen molar-refractivity contribution in [2.75, 3.05) is 32.1 Å². The molecule has 0 radical (unpaired) electrons. The molecule has 1 aliphatic rings. The highest BCUT2D eigenvalue weighted by Crippen LogP contribution is 2.26. The number of nitrogens with one attached hydrogen (secondary N) is 1. The van der Waals surface area contributed by atoms with E-state index in [4.69, 9.17) is 4.74 Å². The molecule has 1 aliphatic heterocycles. The predicted molar refractivity (Wildman–Crippen MR) is 99.4 cm³/mol. The van der Waals surface area contributed by atoms with Gasteiger partial charge < -0.3 is 15.0 Å². The number of benzene rings is 2. The third-order valence-electron chi connectivity index (χ3n) is 4.18. The largest absolute Gasteiger partial charge is 0.492 e. The Bertz CT molecular complexity index is 722. The summed E-state index contributed by atoms with van der Waals surface area (Å²) in [6, 6.07) is 11.7. The topological polar surface area (TPSA) is 41.6 Å². The van der Waals surface area contributed by atoms with E-state index in [1.165, 1.54) is 12.1 Å². The second-order valence-electron chi connectivity index (χ2n) is 5.89. The molecule has 6 heteroatoms. The van der Waals surface area contributed by atoms with Gasteiger partial charge in [-0.2, -0.15) is 0 Å². The summed E-state index contributed by atoms with van der Waals surface area (Å²) in [4.78, 5) is 14.4. The van der Waals surface area contributed by atoms with Gasteiger partial charge in [0.25, 0.3) is 5.91 Å². The molecular weight excluding hydrogens is 343 g/mol. The van der Waals surface area contributed by atoms with Crippen LogP contribution in [0.25, 0.3) is 0 Å². The van der Waals surface area contributed by atoms with Gasteiger partial charge in [0.2, 0.25) is 0 Å². The first-order valence-electron chi connectivity index (χ1n) is 8.15. The zero-order valence-electron chi connectivity index (χ0n) is 14.1. The molecule has 0 atom stereocenters. The lowest BCUT2D eigenvalue weighted by atomic mass is 9.97. The number of hydrogen-bond acceptors (Lipinski definition) is 3. The van der Waals surface area contributed by atoms with Crippen molar-refractivity contribution < 1.29 is 13.9 Å². The average molecular weight is 365 g/mol. The minimum Gasteiger partial charge on any atom is -0.492 e. The van der Waals surface area contributed by atoms with Crippen molar-refractivity contribution >= 4 is 24.0 Å². The van der Waals surface area contributed by atoms with E-state index in [1.54, 1.807) is 24.1 Å². The Morgan fingerprint density at radius 1 is 1.24 bits per heavy atom. The molecule has 1 N–H and O–H groups in total. The van der Waals surface area contributed by atoms with E-state index in [0.717, 1.165) is 36.2 Å². The second kappa shape index (κ2) is 8.72. The summed E-state index contributed by atoms with van der Waals surface area (Å²) >= 11 is 0. The maximum absolute atomic E-state index is 12.9. The van der Waals surface area contributed by atoms with Crippen LogP contribution in [0.1, 0.15) is 22.3 Å². The third-order valence-corrected chi connectivity index (χ3v) is 4.18. The summed E-state index contributed by atoms with van der Waals surface area (Å²) in [5.74, 6) is 0.300. The Morgan fingerprint density at radius 3 is 2.76 bits per heavy atom. The minimum atomic E-state index is -0.294. The Labute approximate surface area is 153 Å². The molecule has 0 aliphatic carbocycles. The number of ether oxygens (including phenoxy) is 1. The van der Waals surface area contributed by atoms with Gasteiger partial charge in [0.05, 0.1) is 6.54 Å². The molecule has 0 aromatic heterocycles. The summed E-state index contributed by atoms with van der Waals surface area (Å²) in [5, 5.41) is 3.34. The van der Waals surface area contributed by atoms with Gasteiger partial charge in [-0.3, -0.25) is 4.79 Å². The van der Waals surface area contributed by atoms with Crippen molar-refractivity contribution in [3.05, 3.63) is 59.4 Å². The Morgan fingerprint density at radius 2 is 2.00 bits per heavy atom. The second-order valence-corrected chi connectivity index (χ2v) is 5.89. The SMILES string of the molecule is CN(CCOc1ccc(F)cc1)C(=O)c1cccc2c1CCCN2.Cl. The van der Waals surface area contributed by atoms with Crippen LogP contribution < -0.4 is 10.1 Å². The number of hydrogen-bond donors (Lipinski definition) is 1. The molecule has 4 nitrogen and oxygen atoms in total. The Balaban J connectivity index is 0.00000225. The Kier molecular flexibility index (Phi) is 6.65. The van der Waals surface area contributed by atoms with Gasteiger partial charge in [0.1, 0.15) is 18.2 Å². The zero-order chi connectivity index (χ0) is 16.9. The van der Waals surface area contributed by atoms with E-state index in [0.29, 0.717) is 18.9 Å². The number of amides is 1. The highest BCUT2D eigenvalue weighted by atomic mass is 35.5. The molecule has 1 heterocycles. The number of nitrogens with zero attached hydrogens (tertiary/aromatic N) is 1. The van der Waals surface area contributed by atoms with Gasteiger partial charge in [-0.15, -0.1) is 12.4 Å². The van der Waals surface area contributed by atoms with Gasteiger partial charge in [-0.1, -0.05) is 6.07 Å². The number of rotatable bonds is 5. The standard InChI is InChI=1S/C19H21FN2O2.ClH/c1-22(12-13-24-15-9-7-14(20)8-10-15)19(23)17-4-2-6-18-16(17)5-3-11-21-18;/h2,4,6-10,21H,3,5,11-13H2,1H3;1H. The van der Waals surface area contributed by atoms with Crippen LogP contribution in [0, 0.1) is 5.82 Å². The fourth-order valence-corrected chi connectivity index (χ4v) is 2.85. The third kappa shape index (κ3) is 4.63. The van der Waals surface area contributed by atoms with E-state index < -0.39 is 0 Å². The van der Waals surface area contributed by atoms with Crippen molar-refractivity contribution in [2.24, 2.45) is 0 Å². The van der Waals surface area contributed by atoms with Crippen LogP contribution in [0.15, 0.2) is 42.5 Å². The van der Waals surface area contributed by atoms with Crippen molar-refractivity contribution in [3.8, 4) is 5.75 Å². The van der Waals surface area contributed by atoms with E-state index in [1.807, 2.05) is 18.2 Å². The van der Waals surface area contributed by atoms with Crippen LogP contribution in [0.3, 0.4) is 0 Å². The maximum Gasteiger partial charge on any atom is 0.254 e. The van der Waals surface area contributed by atoms with Crippen LogP contribution in [0.5, 0.6) is 5.75 Å². The van der Waals surface area contributed by atoms with Gasteiger partial charge >= 0.3 is 0 Å². The lowest BCUT2D eigenvalue weighted by molar-refractivity contribution is 0.0772. The first-order chi connectivity index (χ1) is 11.6. The summed E-state index contributed by atoms with van der Waals surface area (Å²) in [5.41, 5.74) is 2.91. The monoisotopic (exact) mass is 364 g/mol. The summed E-state index contributed by atoms with van der Waals surface area (Å²) in [6.45, 7) is 1.78.